The van der Waals surface area contributed by atoms with Crippen molar-refractivity contribution in [1.29, 1.82) is 0 Å². The molecule has 0 bridgehead atoms. The van der Waals surface area contributed by atoms with Gasteiger partial charge in [0.1, 0.15) is 11.5 Å². The number of rotatable bonds is 7. The van der Waals surface area contributed by atoms with Gasteiger partial charge in [-0.15, -0.1) is 11.3 Å². The summed E-state index contributed by atoms with van der Waals surface area (Å²) in [6.45, 7) is 1.74. The first kappa shape index (κ1) is 13.5. The van der Waals surface area contributed by atoms with Gasteiger partial charge in [-0.1, -0.05) is 0 Å². The number of thiophene rings is 2. The highest BCUT2D eigenvalue weighted by molar-refractivity contribution is 7.23. The molecule has 0 N–H and O–H groups in total. The van der Waals surface area contributed by atoms with E-state index >= 15 is 0 Å². The van der Waals surface area contributed by atoms with Crippen LogP contribution in [-0.4, -0.2) is 39.5 Å². The fourth-order valence-electron chi connectivity index (χ4n) is 1.38. The molecule has 0 aliphatic heterocycles. The first-order chi connectivity index (χ1) is 8.81. The van der Waals surface area contributed by atoms with Gasteiger partial charge in [0, 0.05) is 22.6 Å². The summed E-state index contributed by atoms with van der Waals surface area (Å²) in [7, 11) is 1.62. The molecule has 2 aromatic heterocycles. The van der Waals surface area contributed by atoms with Gasteiger partial charge in [0.25, 0.3) is 0 Å². The smallest absolute Gasteiger partial charge is 0.348 e. The van der Waals surface area contributed by atoms with Crippen molar-refractivity contribution in [1.82, 2.24) is 0 Å². The molecule has 4 nitrogen and oxygen atoms in total. The molecule has 0 saturated heterocycles. The molecule has 0 aromatic carbocycles. The van der Waals surface area contributed by atoms with Crippen LogP contribution in [0.2, 0.25) is 0 Å². The van der Waals surface area contributed by atoms with E-state index in [2.05, 4.69) is 0 Å². The van der Waals surface area contributed by atoms with Gasteiger partial charge >= 0.3 is 5.97 Å². The van der Waals surface area contributed by atoms with E-state index in [1.165, 1.54) is 11.3 Å². The molecule has 6 heteroatoms. The Bertz CT molecular complexity index is 474. The average Bonchev–Trinajstić information content (AvgIpc) is 2.93. The predicted octanol–water partition coefficient (Wildman–Crippen LogP) is 2.78. The Morgan fingerprint density at radius 1 is 1.22 bits per heavy atom. The topological polar surface area (TPSA) is 44.8 Å². The second-order valence-electron chi connectivity index (χ2n) is 3.54. The summed E-state index contributed by atoms with van der Waals surface area (Å²) in [4.78, 5) is 12.4. The number of hydrogen-bond donors (Lipinski definition) is 0. The summed E-state index contributed by atoms with van der Waals surface area (Å²) >= 11 is 3.09. The number of hydrogen-bond acceptors (Lipinski definition) is 6. The van der Waals surface area contributed by atoms with Crippen LogP contribution in [-0.2, 0) is 14.2 Å². The van der Waals surface area contributed by atoms with E-state index in [0.717, 1.165) is 10.1 Å². The molecule has 0 amide bonds. The second-order valence-corrected chi connectivity index (χ2v) is 5.37. The van der Waals surface area contributed by atoms with Gasteiger partial charge in [-0.25, -0.2) is 4.79 Å². The van der Waals surface area contributed by atoms with Gasteiger partial charge in [0.15, 0.2) is 0 Å². The third-order valence-electron chi connectivity index (χ3n) is 2.25. The third kappa shape index (κ3) is 3.52. The van der Waals surface area contributed by atoms with Crippen LogP contribution >= 0.6 is 22.7 Å². The maximum Gasteiger partial charge on any atom is 0.348 e. The Morgan fingerprint density at radius 2 is 2.06 bits per heavy atom. The van der Waals surface area contributed by atoms with E-state index in [1.54, 1.807) is 18.4 Å². The summed E-state index contributed by atoms with van der Waals surface area (Å²) in [6, 6.07) is 1.87. The number of fused-ring (bicyclic) bond motifs is 1. The number of carbonyl (C=O) groups excluding carboxylic acids is 1. The first-order valence-corrected chi connectivity index (χ1v) is 7.26. The molecule has 2 heterocycles. The van der Waals surface area contributed by atoms with Crippen molar-refractivity contribution in [2.45, 2.75) is 0 Å². The lowest BCUT2D eigenvalue weighted by atomic mass is 10.4. The van der Waals surface area contributed by atoms with E-state index in [9.17, 15) is 4.79 Å². The van der Waals surface area contributed by atoms with Crippen molar-refractivity contribution in [3.8, 4) is 0 Å². The minimum atomic E-state index is -0.281. The van der Waals surface area contributed by atoms with Gasteiger partial charge in [0.05, 0.1) is 19.8 Å². The van der Waals surface area contributed by atoms with Crippen LogP contribution in [0, 0.1) is 0 Å². The molecule has 0 radical (unpaired) electrons. The Morgan fingerprint density at radius 3 is 2.83 bits per heavy atom. The fourth-order valence-corrected chi connectivity index (χ4v) is 3.29. The molecule has 0 fully saturated rings. The lowest BCUT2D eigenvalue weighted by Crippen LogP contribution is -2.11. The molecule has 0 aliphatic carbocycles. The molecular weight excluding hydrogens is 272 g/mol. The Hall–Kier alpha value is -0.950. The number of methoxy groups -OCH3 is 1. The molecule has 2 rings (SSSR count). The van der Waals surface area contributed by atoms with Crippen LogP contribution in [0.15, 0.2) is 16.8 Å². The van der Waals surface area contributed by atoms with Gasteiger partial charge in [-0.2, -0.15) is 11.3 Å². The molecule has 0 atom stereocenters. The first-order valence-electron chi connectivity index (χ1n) is 5.51. The van der Waals surface area contributed by atoms with Gasteiger partial charge in [-0.05, 0) is 11.4 Å². The van der Waals surface area contributed by atoms with Gasteiger partial charge < -0.3 is 14.2 Å². The quantitative estimate of drug-likeness (QED) is 0.580. The highest BCUT2D eigenvalue weighted by Gasteiger charge is 2.11. The molecule has 0 aliphatic rings. The summed E-state index contributed by atoms with van der Waals surface area (Å²) in [6.07, 6.45) is 0. The van der Waals surface area contributed by atoms with Crippen molar-refractivity contribution in [2.75, 3.05) is 33.5 Å². The molecule has 0 unspecified atom stereocenters. The highest BCUT2D eigenvalue weighted by Crippen LogP contribution is 2.29. The lowest BCUT2D eigenvalue weighted by molar-refractivity contribution is 0.0217. The average molecular weight is 286 g/mol. The van der Waals surface area contributed by atoms with Crippen molar-refractivity contribution in [3.63, 3.8) is 0 Å². The molecule has 0 spiro atoms. The van der Waals surface area contributed by atoms with Crippen LogP contribution in [0.1, 0.15) is 9.67 Å². The predicted molar refractivity (Wildman–Crippen MR) is 72.7 cm³/mol. The van der Waals surface area contributed by atoms with Crippen LogP contribution in [0.5, 0.6) is 0 Å². The number of ether oxygens (including phenoxy) is 3. The van der Waals surface area contributed by atoms with E-state index < -0.39 is 0 Å². The van der Waals surface area contributed by atoms with Crippen LogP contribution in [0.3, 0.4) is 0 Å². The molecule has 2 aromatic rings. The molecule has 98 valence electrons. The summed E-state index contributed by atoms with van der Waals surface area (Å²) in [5.41, 5.74) is 0. The van der Waals surface area contributed by atoms with Gasteiger partial charge in [0.2, 0.25) is 0 Å². The normalized spacial score (nSPS) is 10.9. The zero-order chi connectivity index (χ0) is 12.8. The van der Waals surface area contributed by atoms with Crippen molar-refractivity contribution >= 4 is 38.7 Å². The van der Waals surface area contributed by atoms with E-state index in [4.69, 9.17) is 14.2 Å². The van der Waals surface area contributed by atoms with E-state index in [-0.39, 0.29) is 12.6 Å². The zero-order valence-corrected chi connectivity index (χ0v) is 11.6. The van der Waals surface area contributed by atoms with Crippen LogP contribution in [0.25, 0.3) is 10.1 Å². The summed E-state index contributed by atoms with van der Waals surface area (Å²) in [5, 5.41) is 5.16. The number of carbonyl (C=O) groups is 1. The monoisotopic (exact) mass is 286 g/mol. The third-order valence-corrected chi connectivity index (χ3v) is 4.24. The summed E-state index contributed by atoms with van der Waals surface area (Å²) < 4.78 is 16.3. The van der Waals surface area contributed by atoms with E-state index in [1.807, 2.05) is 16.8 Å². The van der Waals surface area contributed by atoms with Crippen molar-refractivity contribution in [2.24, 2.45) is 0 Å². The minimum Gasteiger partial charge on any atom is -0.459 e. The SMILES string of the molecule is COCCOCCOC(=O)c1cc2cscc2s1. The number of esters is 1. The Labute approximate surface area is 113 Å². The molecular formula is C12H14O4S2. The maximum absolute atomic E-state index is 11.7. The van der Waals surface area contributed by atoms with Gasteiger partial charge in [-0.3, -0.25) is 0 Å². The van der Waals surface area contributed by atoms with Crippen LogP contribution < -0.4 is 0 Å². The minimum absolute atomic E-state index is 0.271. The van der Waals surface area contributed by atoms with E-state index in [0.29, 0.717) is 24.7 Å². The lowest BCUT2D eigenvalue weighted by Gasteiger charge is -2.04. The molecule has 0 saturated carbocycles. The highest BCUT2D eigenvalue weighted by atomic mass is 32.1. The fraction of sp³-hybridized carbons (Fsp3) is 0.417. The van der Waals surface area contributed by atoms with Crippen molar-refractivity contribution in [3.05, 3.63) is 21.7 Å². The molecule has 18 heavy (non-hydrogen) atoms. The zero-order valence-electron chi connectivity index (χ0n) is 10.0. The maximum atomic E-state index is 11.7. The largest absolute Gasteiger partial charge is 0.459 e. The standard InChI is InChI=1S/C12H14O4S2/c1-14-2-3-15-4-5-16-12(13)10-6-9-7-17-8-11(9)18-10/h6-8H,2-5H2,1H3. The second kappa shape index (κ2) is 6.84. The summed E-state index contributed by atoms with van der Waals surface area (Å²) in [5.74, 6) is -0.281. The van der Waals surface area contributed by atoms with Crippen molar-refractivity contribution < 1.29 is 19.0 Å². The van der Waals surface area contributed by atoms with Crippen LogP contribution in [0.4, 0.5) is 0 Å². The Balaban J connectivity index is 1.73. The Kier molecular flexibility index (Phi) is 5.12.